The van der Waals surface area contributed by atoms with Gasteiger partial charge in [-0.3, -0.25) is 9.59 Å². The van der Waals surface area contributed by atoms with Gasteiger partial charge in [0.15, 0.2) is 0 Å². The molecule has 0 unspecified atom stereocenters. The molecule has 1 saturated heterocycles. The highest BCUT2D eigenvalue weighted by molar-refractivity contribution is 9.10. The zero-order valence-electron chi connectivity index (χ0n) is 10.8. The molecule has 1 fully saturated rings. The van der Waals surface area contributed by atoms with Crippen molar-refractivity contribution in [3.8, 4) is 0 Å². The van der Waals surface area contributed by atoms with Gasteiger partial charge in [-0.2, -0.15) is 0 Å². The number of nitrogens with zero attached hydrogens (tertiary/aromatic N) is 1. The van der Waals surface area contributed by atoms with E-state index in [1.54, 1.807) is 17.0 Å². The molecule has 0 spiro atoms. The molecule has 0 bridgehead atoms. The van der Waals surface area contributed by atoms with Gasteiger partial charge >= 0.3 is 0 Å². The van der Waals surface area contributed by atoms with Crippen molar-refractivity contribution in [3.05, 3.63) is 40.9 Å². The number of carbonyl (C=O) groups excluding carboxylic acids is 2. The summed E-state index contributed by atoms with van der Waals surface area (Å²) in [4.78, 5) is 25.1. The van der Waals surface area contributed by atoms with Gasteiger partial charge in [0.05, 0.1) is 13.2 Å². The van der Waals surface area contributed by atoms with Crippen molar-refractivity contribution in [2.24, 2.45) is 0 Å². The van der Waals surface area contributed by atoms with Crippen molar-refractivity contribution in [2.75, 3.05) is 31.6 Å². The summed E-state index contributed by atoms with van der Waals surface area (Å²) in [7, 11) is 0. The van der Waals surface area contributed by atoms with E-state index in [0.717, 1.165) is 4.47 Å². The lowest BCUT2D eigenvalue weighted by Gasteiger charge is -2.25. The number of carbonyl (C=O) groups is 2. The van der Waals surface area contributed by atoms with Gasteiger partial charge in [-0.1, -0.05) is 15.9 Å². The molecule has 1 N–H and O–H groups in total. The Balaban J connectivity index is 1.85. The Bertz CT molecular complexity index is 508. The second kappa shape index (κ2) is 7.21. The third-order valence-electron chi connectivity index (χ3n) is 2.81. The first kappa shape index (κ1) is 14.7. The molecule has 6 heteroatoms. The summed E-state index contributed by atoms with van der Waals surface area (Å²) in [5, 5.41) is 2.69. The summed E-state index contributed by atoms with van der Waals surface area (Å²) in [5.74, 6) is -0.492. The quantitative estimate of drug-likeness (QED) is 0.855. The number of hydrogen-bond donors (Lipinski definition) is 1. The fourth-order valence-electron chi connectivity index (χ4n) is 1.75. The fourth-order valence-corrected chi connectivity index (χ4v) is 2.02. The first-order chi connectivity index (χ1) is 9.65. The monoisotopic (exact) mass is 338 g/mol. The number of ether oxygens (including phenoxy) is 1. The van der Waals surface area contributed by atoms with Crippen LogP contribution >= 0.6 is 15.9 Å². The molecular weight excluding hydrogens is 324 g/mol. The SMILES string of the molecule is O=C(/C=C/C(=O)N1CCOCC1)Nc1ccc(Br)cc1. The Labute approximate surface area is 125 Å². The summed E-state index contributed by atoms with van der Waals surface area (Å²) in [6.45, 7) is 2.23. The number of halogens is 1. The molecule has 1 aromatic rings. The molecule has 0 aliphatic carbocycles. The van der Waals surface area contributed by atoms with Gasteiger partial charge in [-0.05, 0) is 24.3 Å². The average Bonchev–Trinajstić information content (AvgIpc) is 2.48. The second-order valence-corrected chi connectivity index (χ2v) is 5.18. The smallest absolute Gasteiger partial charge is 0.248 e. The van der Waals surface area contributed by atoms with E-state index in [1.165, 1.54) is 12.2 Å². The Morgan fingerprint density at radius 1 is 1.15 bits per heavy atom. The standard InChI is InChI=1S/C14H15BrN2O3/c15-11-1-3-12(4-2-11)16-13(18)5-6-14(19)17-7-9-20-10-8-17/h1-6H,7-10H2,(H,16,18)/b6-5+. The third-order valence-corrected chi connectivity index (χ3v) is 3.34. The predicted molar refractivity (Wildman–Crippen MR) is 79.3 cm³/mol. The van der Waals surface area contributed by atoms with Crippen LogP contribution in [0.1, 0.15) is 0 Å². The summed E-state index contributed by atoms with van der Waals surface area (Å²) in [6.07, 6.45) is 2.54. The maximum atomic E-state index is 11.8. The predicted octanol–water partition coefficient (Wildman–Crippen LogP) is 1.80. The van der Waals surface area contributed by atoms with Crippen LogP contribution in [-0.4, -0.2) is 43.0 Å². The van der Waals surface area contributed by atoms with Crippen molar-refractivity contribution in [3.63, 3.8) is 0 Å². The molecule has 106 valence electrons. The number of hydrogen-bond acceptors (Lipinski definition) is 3. The number of benzene rings is 1. The van der Waals surface area contributed by atoms with Crippen LogP contribution in [0.15, 0.2) is 40.9 Å². The number of amides is 2. The summed E-state index contributed by atoms with van der Waals surface area (Å²) in [6, 6.07) is 7.22. The van der Waals surface area contributed by atoms with Crippen LogP contribution in [0.5, 0.6) is 0 Å². The maximum absolute atomic E-state index is 11.8. The molecule has 1 aliphatic rings. The first-order valence-electron chi connectivity index (χ1n) is 6.26. The van der Waals surface area contributed by atoms with Crippen molar-refractivity contribution < 1.29 is 14.3 Å². The molecule has 1 aliphatic heterocycles. The Kier molecular flexibility index (Phi) is 5.31. The molecular formula is C14H15BrN2O3. The number of anilines is 1. The normalized spacial score (nSPS) is 15.3. The Morgan fingerprint density at radius 3 is 2.45 bits per heavy atom. The summed E-state index contributed by atoms with van der Waals surface area (Å²) >= 11 is 3.32. The van der Waals surface area contributed by atoms with Crippen LogP contribution in [0, 0.1) is 0 Å². The second-order valence-electron chi connectivity index (χ2n) is 4.27. The lowest BCUT2D eigenvalue weighted by molar-refractivity contribution is -0.130. The van der Waals surface area contributed by atoms with Crippen LogP contribution in [0.2, 0.25) is 0 Å². The molecule has 1 aromatic carbocycles. The molecule has 5 nitrogen and oxygen atoms in total. The third kappa shape index (κ3) is 4.47. The molecule has 0 radical (unpaired) electrons. The summed E-state index contributed by atoms with van der Waals surface area (Å²) < 4.78 is 6.10. The van der Waals surface area contributed by atoms with Gasteiger partial charge in [0.25, 0.3) is 0 Å². The number of morpholine rings is 1. The van der Waals surface area contributed by atoms with E-state index in [9.17, 15) is 9.59 Å². The van der Waals surface area contributed by atoms with Crippen LogP contribution in [-0.2, 0) is 14.3 Å². The van der Waals surface area contributed by atoms with Crippen LogP contribution in [0.4, 0.5) is 5.69 Å². The fraction of sp³-hybridized carbons (Fsp3) is 0.286. The highest BCUT2D eigenvalue weighted by Gasteiger charge is 2.14. The van der Waals surface area contributed by atoms with Gasteiger partial charge in [-0.15, -0.1) is 0 Å². The highest BCUT2D eigenvalue weighted by Crippen LogP contribution is 2.13. The molecule has 20 heavy (non-hydrogen) atoms. The highest BCUT2D eigenvalue weighted by atomic mass is 79.9. The van der Waals surface area contributed by atoms with Gasteiger partial charge < -0.3 is 15.0 Å². The van der Waals surface area contributed by atoms with Crippen LogP contribution in [0.3, 0.4) is 0 Å². The van der Waals surface area contributed by atoms with E-state index in [1.807, 2.05) is 12.1 Å². The zero-order valence-corrected chi connectivity index (χ0v) is 12.4. The minimum atomic E-state index is -0.325. The maximum Gasteiger partial charge on any atom is 0.248 e. The molecule has 2 rings (SSSR count). The average molecular weight is 339 g/mol. The van der Waals surface area contributed by atoms with E-state index in [0.29, 0.717) is 32.0 Å². The van der Waals surface area contributed by atoms with Crippen molar-refractivity contribution >= 4 is 33.4 Å². The van der Waals surface area contributed by atoms with Gasteiger partial charge in [-0.25, -0.2) is 0 Å². The van der Waals surface area contributed by atoms with Crippen LogP contribution < -0.4 is 5.32 Å². The van der Waals surface area contributed by atoms with Gasteiger partial charge in [0, 0.05) is 35.4 Å². The van der Waals surface area contributed by atoms with Crippen molar-refractivity contribution in [1.29, 1.82) is 0 Å². The lowest BCUT2D eigenvalue weighted by atomic mass is 10.3. The Hall–Kier alpha value is -1.66. The minimum Gasteiger partial charge on any atom is -0.378 e. The zero-order chi connectivity index (χ0) is 14.4. The molecule has 0 atom stereocenters. The van der Waals surface area contributed by atoms with E-state index in [2.05, 4.69) is 21.2 Å². The van der Waals surface area contributed by atoms with Gasteiger partial charge in [0.2, 0.25) is 11.8 Å². The Morgan fingerprint density at radius 2 is 1.80 bits per heavy atom. The minimum absolute atomic E-state index is 0.167. The topological polar surface area (TPSA) is 58.6 Å². The van der Waals surface area contributed by atoms with E-state index >= 15 is 0 Å². The van der Waals surface area contributed by atoms with E-state index in [-0.39, 0.29) is 11.8 Å². The summed E-state index contributed by atoms with van der Waals surface area (Å²) in [5.41, 5.74) is 0.682. The molecule has 1 heterocycles. The van der Waals surface area contributed by atoms with Crippen molar-refractivity contribution in [2.45, 2.75) is 0 Å². The van der Waals surface area contributed by atoms with E-state index in [4.69, 9.17) is 4.74 Å². The van der Waals surface area contributed by atoms with Crippen molar-refractivity contribution in [1.82, 2.24) is 4.90 Å². The molecule has 0 aromatic heterocycles. The molecule has 2 amide bonds. The first-order valence-corrected chi connectivity index (χ1v) is 7.06. The van der Waals surface area contributed by atoms with Crippen LogP contribution in [0.25, 0.3) is 0 Å². The lowest BCUT2D eigenvalue weighted by Crippen LogP contribution is -2.39. The van der Waals surface area contributed by atoms with E-state index < -0.39 is 0 Å². The van der Waals surface area contributed by atoms with Gasteiger partial charge in [0.1, 0.15) is 0 Å². The number of rotatable bonds is 3. The molecule has 0 saturated carbocycles. The largest absolute Gasteiger partial charge is 0.378 e. The number of nitrogens with one attached hydrogen (secondary N) is 1.